The van der Waals surface area contributed by atoms with Crippen LogP contribution in [-0.2, 0) is 13.0 Å². The second-order valence-electron chi connectivity index (χ2n) is 5.29. The molecule has 1 aliphatic heterocycles. The van der Waals surface area contributed by atoms with Crippen LogP contribution in [0.4, 0.5) is 0 Å². The molecule has 112 valence electrons. The molecule has 0 saturated carbocycles. The summed E-state index contributed by atoms with van der Waals surface area (Å²) in [4.78, 5) is 20.3. The SMILES string of the molecule is Cc1ccc(-c2nc(C(=O)N3CCc4sccc4C3)cs2)o1. The molecule has 1 aliphatic rings. The first-order chi connectivity index (χ1) is 10.7. The lowest BCUT2D eigenvalue weighted by Crippen LogP contribution is -2.35. The fourth-order valence-corrected chi connectivity index (χ4v) is 4.26. The van der Waals surface area contributed by atoms with Crippen molar-refractivity contribution >= 4 is 28.6 Å². The predicted octanol–water partition coefficient (Wildman–Crippen LogP) is 3.97. The molecule has 0 unspecified atom stereocenters. The van der Waals surface area contributed by atoms with Crippen LogP contribution >= 0.6 is 22.7 Å². The van der Waals surface area contributed by atoms with Gasteiger partial charge in [0.2, 0.25) is 0 Å². The molecule has 4 rings (SSSR count). The van der Waals surface area contributed by atoms with E-state index in [1.807, 2.05) is 29.3 Å². The molecular formula is C16H14N2O2S2. The van der Waals surface area contributed by atoms with Crippen molar-refractivity contribution in [1.82, 2.24) is 9.88 Å². The van der Waals surface area contributed by atoms with Crippen molar-refractivity contribution in [2.45, 2.75) is 19.9 Å². The van der Waals surface area contributed by atoms with Gasteiger partial charge < -0.3 is 9.32 Å². The van der Waals surface area contributed by atoms with E-state index in [2.05, 4.69) is 16.4 Å². The van der Waals surface area contributed by atoms with Crippen molar-refractivity contribution in [3.8, 4) is 10.8 Å². The van der Waals surface area contributed by atoms with E-state index in [4.69, 9.17) is 4.42 Å². The van der Waals surface area contributed by atoms with Gasteiger partial charge in [0.1, 0.15) is 11.5 Å². The Morgan fingerprint density at radius 1 is 1.32 bits per heavy atom. The number of thiazole rings is 1. The van der Waals surface area contributed by atoms with E-state index < -0.39 is 0 Å². The number of furan rings is 1. The lowest BCUT2D eigenvalue weighted by molar-refractivity contribution is 0.0731. The van der Waals surface area contributed by atoms with E-state index in [1.165, 1.54) is 21.8 Å². The van der Waals surface area contributed by atoms with Gasteiger partial charge >= 0.3 is 0 Å². The third kappa shape index (κ3) is 2.38. The molecule has 0 fully saturated rings. The number of carbonyl (C=O) groups is 1. The van der Waals surface area contributed by atoms with Gasteiger partial charge in [0.25, 0.3) is 5.91 Å². The minimum atomic E-state index is 0.00243. The molecule has 0 spiro atoms. The predicted molar refractivity (Wildman–Crippen MR) is 87.3 cm³/mol. The highest BCUT2D eigenvalue weighted by atomic mass is 32.1. The Balaban J connectivity index is 1.55. The van der Waals surface area contributed by atoms with Crippen LogP contribution in [-0.4, -0.2) is 22.3 Å². The molecule has 1 amide bonds. The molecule has 0 aliphatic carbocycles. The molecule has 0 bridgehead atoms. The first kappa shape index (κ1) is 13.7. The molecule has 0 aromatic carbocycles. The quantitative estimate of drug-likeness (QED) is 0.714. The first-order valence-electron chi connectivity index (χ1n) is 7.07. The Kier molecular flexibility index (Phi) is 3.35. The number of aryl methyl sites for hydroxylation is 1. The third-order valence-electron chi connectivity index (χ3n) is 3.77. The molecule has 4 nitrogen and oxygen atoms in total. The van der Waals surface area contributed by atoms with Gasteiger partial charge in [0, 0.05) is 23.3 Å². The van der Waals surface area contributed by atoms with Gasteiger partial charge in [-0.1, -0.05) is 0 Å². The molecule has 0 radical (unpaired) electrons. The summed E-state index contributed by atoms with van der Waals surface area (Å²) in [5, 5.41) is 4.67. The number of carbonyl (C=O) groups excluding carboxylic acids is 1. The van der Waals surface area contributed by atoms with Gasteiger partial charge in [-0.3, -0.25) is 4.79 Å². The number of hydrogen-bond acceptors (Lipinski definition) is 5. The topological polar surface area (TPSA) is 46.3 Å². The van der Waals surface area contributed by atoms with Crippen LogP contribution in [0, 0.1) is 6.92 Å². The van der Waals surface area contributed by atoms with Crippen LogP contribution < -0.4 is 0 Å². The van der Waals surface area contributed by atoms with Gasteiger partial charge in [-0.05, 0) is 42.5 Å². The Hall–Kier alpha value is -1.92. The summed E-state index contributed by atoms with van der Waals surface area (Å²) in [7, 11) is 0. The molecule has 0 atom stereocenters. The Labute approximate surface area is 136 Å². The van der Waals surface area contributed by atoms with E-state index in [1.54, 1.807) is 11.3 Å². The standard InChI is InChI=1S/C16H14N2O2S2/c1-10-2-3-13(20-10)15-17-12(9-22-15)16(19)18-6-4-14-11(8-18)5-7-21-14/h2-3,5,7,9H,4,6,8H2,1H3. The largest absolute Gasteiger partial charge is 0.459 e. The lowest BCUT2D eigenvalue weighted by Gasteiger charge is -2.26. The normalized spacial score (nSPS) is 14.1. The summed E-state index contributed by atoms with van der Waals surface area (Å²) in [5.41, 5.74) is 1.77. The monoisotopic (exact) mass is 330 g/mol. The second-order valence-corrected chi connectivity index (χ2v) is 7.15. The number of amides is 1. The van der Waals surface area contributed by atoms with Crippen LogP contribution in [0.3, 0.4) is 0 Å². The number of aromatic nitrogens is 1. The number of hydrogen-bond donors (Lipinski definition) is 0. The number of thiophene rings is 1. The maximum absolute atomic E-state index is 12.6. The van der Waals surface area contributed by atoms with Gasteiger partial charge in [-0.2, -0.15) is 0 Å². The summed E-state index contributed by atoms with van der Waals surface area (Å²) in [6.07, 6.45) is 0.938. The van der Waals surface area contributed by atoms with E-state index in [9.17, 15) is 4.79 Å². The molecule has 22 heavy (non-hydrogen) atoms. The maximum atomic E-state index is 12.6. The Bertz CT molecular complexity index is 831. The van der Waals surface area contributed by atoms with Crippen LogP contribution in [0.2, 0.25) is 0 Å². The van der Waals surface area contributed by atoms with Crippen molar-refractivity contribution in [3.63, 3.8) is 0 Å². The molecule has 0 saturated heterocycles. The van der Waals surface area contributed by atoms with E-state index in [-0.39, 0.29) is 5.91 Å². The fourth-order valence-electron chi connectivity index (χ4n) is 2.62. The maximum Gasteiger partial charge on any atom is 0.273 e. The van der Waals surface area contributed by atoms with Gasteiger partial charge in [0.15, 0.2) is 10.8 Å². The van der Waals surface area contributed by atoms with Crippen molar-refractivity contribution in [2.24, 2.45) is 0 Å². The zero-order chi connectivity index (χ0) is 15.1. The fraction of sp³-hybridized carbons (Fsp3) is 0.250. The van der Waals surface area contributed by atoms with Crippen LogP contribution in [0.15, 0.2) is 33.4 Å². The first-order valence-corrected chi connectivity index (χ1v) is 8.83. The number of nitrogens with zero attached hydrogens (tertiary/aromatic N) is 2. The average Bonchev–Trinajstić information content (AvgIpc) is 3.25. The summed E-state index contributed by atoms with van der Waals surface area (Å²) in [6, 6.07) is 5.90. The molecular weight excluding hydrogens is 316 g/mol. The highest BCUT2D eigenvalue weighted by Gasteiger charge is 2.24. The molecule has 3 aromatic heterocycles. The highest BCUT2D eigenvalue weighted by molar-refractivity contribution is 7.13. The highest BCUT2D eigenvalue weighted by Crippen LogP contribution is 2.28. The zero-order valence-corrected chi connectivity index (χ0v) is 13.7. The number of fused-ring (bicyclic) bond motifs is 1. The van der Waals surface area contributed by atoms with Gasteiger partial charge in [-0.25, -0.2) is 4.98 Å². The van der Waals surface area contributed by atoms with Crippen LogP contribution in [0.25, 0.3) is 10.8 Å². The van der Waals surface area contributed by atoms with Crippen molar-refractivity contribution in [2.75, 3.05) is 6.54 Å². The number of rotatable bonds is 2. The average molecular weight is 330 g/mol. The molecule has 4 heterocycles. The summed E-state index contributed by atoms with van der Waals surface area (Å²) in [5.74, 6) is 1.57. The van der Waals surface area contributed by atoms with Crippen molar-refractivity contribution < 1.29 is 9.21 Å². The van der Waals surface area contributed by atoms with E-state index >= 15 is 0 Å². The van der Waals surface area contributed by atoms with Crippen molar-refractivity contribution in [1.29, 1.82) is 0 Å². The van der Waals surface area contributed by atoms with Crippen LogP contribution in [0.5, 0.6) is 0 Å². The van der Waals surface area contributed by atoms with E-state index in [0.29, 0.717) is 12.2 Å². The smallest absolute Gasteiger partial charge is 0.273 e. The summed E-state index contributed by atoms with van der Waals surface area (Å²) < 4.78 is 5.57. The Morgan fingerprint density at radius 3 is 3.05 bits per heavy atom. The third-order valence-corrected chi connectivity index (χ3v) is 5.65. The van der Waals surface area contributed by atoms with Crippen molar-refractivity contribution in [3.05, 3.63) is 50.9 Å². The molecule has 3 aromatic rings. The lowest BCUT2D eigenvalue weighted by atomic mass is 10.1. The van der Waals surface area contributed by atoms with Gasteiger partial charge in [-0.15, -0.1) is 22.7 Å². The van der Waals surface area contributed by atoms with E-state index in [0.717, 1.165) is 29.5 Å². The summed E-state index contributed by atoms with van der Waals surface area (Å²) >= 11 is 3.22. The van der Waals surface area contributed by atoms with Gasteiger partial charge in [0.05, 0.1) is 0 Å². The van der Waals surface area contributed by atoms with Crippen LogP contribution in [0.1, 0.15) is 26.7 Å². The molecule has 0 N–H and O–H groups in total. The second kappa shape index (κ2) is 5.37. The summed E-state index contributed by atoms with van der Waals surface area (Å²) in [6.45, 7) is 3.35. The molecule has 6 heteroatoms. The minimum Gasteiger partial charge on any atom is -0.459 e. The zero-order valence-electron chi connectivity index (χ0n) is 12.0. The Morgan fingerprint density at radius 2 is 2.23 bits per heavy atom. The minimum absolute atomic E-state index is 0.00243.